The molecule has 7 nitrogen and oxygen atoms in total. The van der Waals surface area contributed by atoms with E-state index >= 15 is 0 Å². The molecule has 0 aliphatic rings. The normalized spacial score (nSPS) is 12.8. The zero-order chi connectivity index (χ0) is 15.3. The molecule has 112 valence electrons. The van der Waals surface area contributed by atoms with E-state index in [-0.39, 0.29) is 17.1 Å². The molecule has 0 aromatic heterocycles. The Hall–Kier alpha value is -1.80. The second-order valence-corrected chi connectivity index (χ2v) is 5.62. The first-order chi connectivity index (χ1) is 9.35. The molecule has 0 heterocycles. The Morgan fingerprint density at radius 2 is 2.00 bits per heavy atom. The molecule has 1 aromatic rings. The molecule has 2 N–H and O–H groups in total. The number of hydrogen-bond donors (Lipinski definition) is 2. The van der Waals surface area contributed by atoms with E-state index in [4.69, 9.17) is 14.6 Å². The maximum Gasteiger partial charge on any atom is 0.321 e. The third-order valence-corrected chi connectivity index (χ3v) is 4.16. The number of ether oxygens (including phenoxy) is 2. The third kappa shape index (κ3) is 3.61. The second-order valence-electron chi connectivity index (χ2n) is 3.94. The molecule has 0 aliphatic heterocycles. The van der Waals surface area contributed by atoms with Crippen molar-refractivity contribution >= 4 is 16.0 Å². The highest BCUT2D eigenvalue weighted by atomic mass is 32.2. The van der Waals surface area contributed by atoms with Crippen LogP contribution in [0.3, 0.4) is 0 Å². The number of methoxy groups -OCH3 is 2. The molecule has 1 atom stereocenters. The molecule has 1 rings (SSSR count). The van der Waals surface area contributed by atoms with Gasteiger partial charge in [-0.05, 0) is 18.6 Å². The largest absolute Gasteiger partial charge is 0.497 e. The molecule has 0 fully saturated rings. The van der Waals surface area contributed by atoms with Gasteiger partial charge in [0.25, 0.3) is 0 Å². The van der Waals surface area contributed by atoms with E-state index in [9.17, 15) is 13.2 Å². The van der Waals surface area contributed by atoms with Gasteiger partial charge in [0.15, 0.2) is 0 Å². The topological polar surface area (TPSA) is 102 Å². The number of nitrogens with one attached hydrogen (secondary N) is 1. The Bertz CT molecular complexity index is 584. The highest BCUT2D eigenvalue weighted by Crippen LogP contribution is 2.28. The monoisotopic (exact) mass is 303 g/mol. The van der Waals surface area contributed by atoms with Crippen LogP contribution in [-0.4, -0.2) is 39.8 Å². The van der Waals surface area contributed by atoms with Crippen LogP contribution in [0.5, 0.6) is 11.5 Å². The number of sulfonamides is 1. The van der Waals surface area contributed by atoms with Gasteiger partial charge in [-0.25, -0.2) is 8.42 Å². The van der Waals surface area contributed by atoms with Gasteiger partial charge in [0, 0.05) is 6.07 Å². The predicted octanol–water partition coefficient (Wildman–Crippen LogP) is 0.845. The molecule has 20 heavy (non-hydrogen) atoms. The summed E-state index contributed by atoms with van der Waals surface area (Å²) in [4.78, 5) is 10.8. The molecule has 0 bridgehead atoms. The third-order valence-electron chi connectivity index (χ3n) is 2.66. The Labute approximate surface area is 117 Å². The molecule has 0 saturated carbocycles. The number of carboxylic acid groups (broad SMARTS) is 1. The molecule has 0 spiro atoms. The van der Waals surface area contributed by atoms with Crippen LogP contribution in [0.2, 0.25) is 0 Å². The summed E-state index contributed by atoms with van der Waals surface area (Å²) < 4.78 is 36.6. The first-order valence-electron chi connectivity index (χ1n) is 5.82. The van der Waals surface area contributed by atoms with Crippen molar-refractivity contribution in [3.8, 4) is 11.5 Å². The molecule has 0 aliphatic carbocycles. The summed E-state index contributed by atoms with van der Waals surface area (Å²) in [5.41, 5.74) is 0. The average Bonchev–Trinajstić information content (AvgIpc) is 2.43. The fraction of sp³-hybridized carbons (Fsp3) is 0.417. The van der Waals surface area contributed by atoms with Crippen molar-refractivity contribution in [3.05, 3.63) is 18.2 Å². The van der Waals surface area contributed by atoms with Crippen LogP contribution in [0.25, 0.3) is 0 Å². The standard InChI is InChI=1S/C12H17NO6S/c1-4-9(12(14)15)13-20(16,17)11-7-8(18-2)5-6-10(11)19-3/h5-7,9,13H,4H2,1-3H3,(H,14,15)/t9-/m1/s1. The van der Waals surface area contributed by atoms with E-state index in [2.05, 4.69) is 4.72 Å². The van der Waals surface area contributed by atoms with Crippen LogP contribution < -0.4 is 14.2 Å². The van der Waals surface area contributed by atoms with Gasteiger partial charge in [-0.3, -0.25) is 4.79 Å². The lowest BCUT2D eigenvalue weighted by atomic mass is 10.2. The summed E-state index contributed by atoms with van der Waals surface area (Å²) in [6.07, 6.45) is 0.126. The number of hydrogen-bond acceptors (Lipinski definition) is 5. The smallest absolute Gasteiger partial charge is 0.321 e. The highest BCUT2D eigenvalue weighted by Gasteiger charge is 2.26. The quantitative estimate of drug-likeness (QED) is 0.774. The van der Waals surface area contributed by atoms with Crippen LogP contribution in [0.4, 0.5) is 0 Å². The number of rotatable bonds is 7. The highest BCUT2D eigenvalue weighted by molar-refractivity contribution is 7.89. The molecule has 8 heteroatoms. The molecule has 0 unspecified atom stereocenters. The summed E-state index contributed by atoms with van der Waals surface area (Å²) >= 11 is 0. The Morgan fingerprint density at radius 3 is 2.45 bits per heavy atom. The van der Waals surface area contributed by atoms with Gasteiger partial charge >= 0.3 is 5.97 Å². The van der Waals surface area contributed by atoms with Crippen LogP contribution in [-0.2, 0) is 14.8 Å². The Balaban J connectivity index is 3.23. The lowest BCUT2D eigenvalue weighted by Gasteiger charge is -2.15. The van der Waals surface area contributed by atoms with Crippen molar-refractivity contribution in [1.82, 2.24) is 4.72 Å². The van der Waals surface area contributed by atoms with Gasteiger partial charge in [-0.2, -0.15) is 4.72 Å². The van der Waals surface area contributed by atoms with Crippen LogP contribution >= 0.6 is 0 Å². The van der Waals surface area contributed by atoms with Gasteiger partial charge in [0.1, 0.15) is 22.4 Å². The molecular formula is C12H17NO6S. The summed E-state index contributed by atoms with van der Waals surface area (Å²) in [5.74, 6) is -0.800. The maximum atomic E-state index is 12.2. The number of carbonyl (C=O) groups is 1. The maximum absolute atomic E-state index is 12.2. The molecular weight excluding hydrogens is 286 g/mol. The van der Waals surface area contributed by atoms with Crippen molar-refractivity contribution < 1.29 is 27.8 Å². The van der Waals surface area contributed by atoms with Crippen LogP contribution in [0.1, 0.15) is 13.3 Å². The lowest BCUT2D eigenvalue weighted by Crippen LogP contribution is -2.40. The zero-order valence-corrected chi connectivity index (χ0v) is 12.2. The zero-order valence-electron chi connectivity index (χ0n) is 11.4. The summed E-state index contributed by atoms with van der Waals surface area (Å²) in [6, 6.07) is 3.06. The number of aliphatic carboxylic acids is 1. The van der Waals surface area contributed by atoms with Crippen LogP contribution in [0, 0.1) is 0 Å². The first kappa shape index (κ1) is 16.3. The van der Waals surface area contributed by atoms with E-state index in [1.807, 2.05) is 0 Å². The van der Waals surface area contributed by atoms with Gasteiger partial charge in [0.2, 0.25) is 10.0 Å². The molecule has 0 amide bonds. The van der Waals surface area contributed by atoms with Gasteiger partial charge in [0.05, 0.1) is 14.2 Å². The first-order valence-corrected chi connectivity index (χ1v) is 7.31. The fourth-order valence-corrected chi connectivity index (χ4v) is 3.01. The van der Waals surface area contributed by atoms with Crippen molar-refractivity contribution in [2.75, 3.05) is 14.2 Å². The average molecular weight is 303 g/mol. The van der Waals surface area contributed by atoms with E-state index in [0.29, 0.717) is 5.75 Å². The van der Waals surface area contributed by atoms with E-state index < -0.39 is 22.0 Å². The summed E-state index contributed by atoms with van der Waals surface area (Å²) in [6.45, 7) is 1.57. The molecule has 0 radical (unpaired) electrons. The van der Waals surface area contributed by atoms with Gasteiger partial charge in [-0.1, -0.05) is 6.92 Å². The number of benzene rings is 1. The minimum absolute atomic E-state index is 0.110. The summed E-state index contributed by atoms with van der Waals surface area (Å²) in [7, 11) is -1.30. The molecule has 0 saturated heterocycles. The minimum atomic E-state index is -4.03. The summed E-state index contributed by atoms with van der Waals surface area (Å²) in [5, 5.41) is 8.93. The molecule has 1 aromatic carbocycles. The Morgan fingerprint density at radius 1 is 1.35 bits per heavy atom. The van der Waals surface area contributed by atoms with Crippen molar-refractivity contribution in [2.24, 2.45) is 0 Å². The van der Waals surface area contributed by atoms with E-state index in [1.54, 1.807) is 13.0 Å². The predicted molar refractivity (Wildman–Crippen MR) is 71.6 cm³/mol. The number of carboxylic acids is 1. The van der Waals surface area contributed by atoms with Gasteiger partial charge < -0.3 is 14.6 Å². The lowest BCUT2D eigenvalue weighted by molar-refractivity contribution is -0.139. The van der Waals surface area contributed by atoms with Crippen LogP contribution in [0.15, 0.2) is 23.1 Å². The van der Waals surface area contributed by atoms with E-state index in [0.717, 1.165) is 0 Å². The Kier molecular flexibility index (Phi) is 5.34. The fourth-order valence-electron chi connectivity index (χ4n) is 1.55. The van der Waals surface area contributed by atoms with Crippen molar-refractivity contribution in [2.45, 2.75) is 24.3 Å². The van der Waals surface area contributed by atoms with Crippen molar-refractivity contribution in [3.63, 3.8) is 0 Å². The van der Waals surface area contributed by atoms with Gasteiger partial charge in [-0.15, -0.1) is 0 Å². The SMILES string of the molecule is CC[C@@H](NS(=O)(=O)c1cc(OC)ccc1OC)C(=O)O. The second kappa shape index (κ2) is 6.58. The van der Waals surface area contributed by atoms with E-state index in [1.165, 1.54) is 26.4 Å². The van der Waals surface area contributed by atoms with Crippen molar-refractivity contribution in [1.29, 1.82) is 0 Å². The minimum Gasteiger partial charge on any atom is -0.497 e.